The first-order valence-corrected chi connectivity index (χ1v) is 6.14. The number of carbonyl (C=O) groups is 1. The number of carboxylic acids is 1. The third kappa shape index (κ3) is 2.99. The van der Waals surface area contributed by atoms with E-state index in [1.54, 1.807) is 30.7 Å². The number of nitrogens with one attached hydrogen (secondary N) is 1. The molecule has 2 aromatic rings. The Labute approximate surface area is 120 Å². The van der Waals surface area contributed by atoms with Crippen molar-refractivity contribution in [2.45, 2.75) is 13.5 Å². The molecule has 0 amide bonds. The molecule has 0 aliphatic carbocycles. The molecule has 0 unspecified atom stereocenters. The van der Waals surface area contributed by atoms with Gasteiger partial charge in [-0.1, -0.05) is 12.1 Å². The molecule has 110 valence electrons. The number of rotatable bonds is 5. The van der Waals surface area contributed by atoms with Crippen LogP contribution in [-0.4, -0.2) is 25.6 Å². The maximum atomic E-state index is 11.0. The first kappa shape index (κ1) is 14.5. The Hall–Kier alpha value is -2.90. The molecule has 21 heavy (non-hydrogen) atoms. The normalized spacial score (nSPS) is 10.4. The van der Waals surface area contributed by atoms with Crippen molar-refractivity contribution in [3.63, 3.8) is 0 Å². The monoisotopic (exact) mass is 290 g/mol. The van der Waals surface area contributed by atoms with Gasteiger partial charge >= 0.3 is 11.8 Å². The van der Waals surface area contributed by atoms with Crippen LogP contribution in [0.3, 0.4) is 0 Å². The van der Waals surface area contributed by atoms with Gasteiger partial charge in [0.2, 0.25) is 11.6 Å². The minimum absolute atomic E-state index is 0.171. The lowest BCUT2D eigenvalue weighted by Crippen LogP contribution is -2.07. The van der Waals surface area contributed by atoms with E-state index in [1.165, 1.54) is 12.1 Å². The molecule has 1 aromatic carbocycles. The highest BCUT2D eigenvalue weighted by molar-refractivity contribution is 5.87. The Kier molecular flexibility index (Phi) is 3.88. The van der Waals surface area contributed by atoms with Crippen LogP contribution in [-0.2, 0) is 13.6 Å². The fourth-order valence-corrected chi connectivity index (χ4v) is 1.92. The fraction of sp³-hybridized carbons (Fsp3) is 0.231. The lowest BCUT2D eigenvalue weighted by molar-refractivity contribution is -0.388. The lowest BCUT2D eigenvalue weighted by Gasteiger charge is -2.07. The highest BCUT2D eigenvalue weighted by Gasteiger charge is 2.23. The van der Waals surface area contributed by atoms with Crippen LogP contribution in [0.4, 0.5) is 11.6 Å². The second kappa shape index (κ2) is 5.61. The van der Waals surface area contributed by atoms with Crippen LogP contribution >= 0.6 is 0 Å². The molecule has 8 heteroatoms. The first-order valence-electron chi connectivity index (χ1n) is 6.14. The zero-order chi connectivity index (χ0) is 15.6. The smallest absolute Gasteiger partial charge is 0.406 e. The van der Waals surface area contributed by atoms with Gasteiger partial charge in [-0.05, 0) is 27.6 Å². The van der Waals surface area contributed by atoms with Crippen molar-refractivity contribution in [1.82, 2.24) is 9.55 Å². The van der Waals surface area contributed by atoms with Crippen LogP contribution < -0.4 is 5.32 Å². The van der Waals surface area contributed by atoms with E-state index < -0.39 is 10.9 Å². The van der Waals surface area contributed by atoms with Crippen LogP contribution in [0.5, 0.6) is 0 Å². The van der Waals surface area contributed by atoms with Gasteiger partial charge in [0.15, 0.2) is 0 Å². The maximum Gasteiger partial charge on any atom is 0.406 e. The van der Waals surface area contributed by atoms with E-state index in [-0.39, 0.29) is 17.9 Å². The number of aryl methyl sites for hydroxylation is 1. The Morgan fingerprint density at radius 3 is 2.86 bits per heavy atom. The van der Waals surface area contributed by atoms with E-state index in [0.717, 1.165) is 0 Å². The van der Waals surface area contributed by atoms with Crippen LogP contribution in [0.15, 0.2) is 24.3 Å². The summed E-state index contributed by atoms with van der Waals surface area (Å²) in [7, 11) is 1.67. The molecule has 2 N–H and O–H groups in total. The molecule has 8 nitrogen and oxygen atoms in total. The van der Waals surface area contributed by atoms with Gasteiger partial charge in [-0.25, -0.2) is 4.79 Å². The van der Waals surface area contributed by atoms with Gasteiger partial charge in [-0.2, -0.15) is 0 Å². The van der Waals surface area contributed by atoms with E-state index in [2.05, 4.69) is 10.3 Å². The molecule has 1 aromatic heterocycles. The Morgan fingerprint density at radius 1 is 1.52 bits per heavy atom. The molecular formula is C13H14N4O4. The summed E-state index contributed by atoms with van der Waals surface area (Å²) in [6.45, 7) is 1.93. The average Bonchev–Trinajstić information content (AvgIpc) is 2.73. The summed E-state index contributed by atoms with van der Waals surface area (Å²) in [6.07, 6.45) is 0. The van der Waals surface area contributed by atoms with Gasteiger partial charge in [0, 0.05) is 20.5 Å². The van der Waals surface area contributed by atoms with Gasteiger partial charge in [0.1, 0.15) is 0 Å². The van der Waals surface area contributed by atoms with Gasteiger partial charge in [-0.3, -0.25) is 4.57 Å². The zero-order valence-corrected chi connectivity index (χ0v) is 11.5. The summed E-state index contributed by atoms with van der Waals surface area (Å²) >= 11 is 0. The number of nitro groups is 1. The molecule has 2 rings (SSSR count). The summed E-state index contributed by atoms with van der Waals surface area (Å²) in [5.41, 5.74) is 0.882. The minimum Gasteiger partial charge on any atom is -0.478 e. The topological polar surface area (TPSA) is 110 Å². The van der Waals surface area contributed by atoms with E-state index in [0.29, 0.717) is 17.2 Å². The molecular weight excluding hydrogens is 276 g/mol. The van der Waals surface area contributed by atoms with Crippen LogP contribution in [0, 0.1) is 17.0 Å². The van der Waals surface area contributed by atoms with Crippen molar-refractivity contribution in [1.29, 1.82) is 0 Å². The van der Waals surface area contributed by atoms with Gasteiger partial charge in [-0.15, -0.1) is 0 Å². The quantitative estimate of drug-likeness (QED) is 0.643. The van der Waals surface area contributed by atoms with Crippen molar-refractivity contribution in [3.8, 4) is 0 Å². The van der Waals surface area contributed by atoms with Crippen molar-refractivity contribution in [2.24, 2.45) is 7.05 Å². The summed E-state index contributed by atoms with van der Waals surface area (Å²) < 4.78 is 1.58. The molecule has 0 radical (unpaired) electrons. The largest absolute Gasteiger partial charge is 0.478 e. The van der Waals surface area contributed by atoms with Gasteiger partial charge < -0.3 is 20.5 Å². The van der Waals surface area contributed by atoms with Crippen LogP contribution in [0.1, 0.15) is 21.7 Å². The molecule has 0 fully saturated rings. The van der Waals surface area contributed by atoms with Gasteiger partial charge in [0.05, 0.1) is 5.56 Å². The van der Waals surface area contributed by atoms with Crippen molar-refractivity contribution in [3.05, 3.63) is 51.3 Å². The van der Waals surface area contributed by atoms with Crippen LogP contribution in [0.2, 0.25) is 0 Å². The van der Waals surface area contributed by atoms with Crippen LogP contribution in [0.25, 0.3) is 0 Å². The number of imidazole rings is 1. The Morgan fingerprint density at radius 2 is 2.24 bits per heavy atom. The molecule has 0 saturated heterocycles. The highest BCUT2D eigenvalue weighted by atomic mass is 16.6. The number of aromatic nitrogens is 2. The van der Waals surface area contributed by atoms with Crippen molar-refractivity contribution < 1.29 is 14.8 Å². The molecule has 0 atom stereocenters. The predicted octanol–water partition coefficient (Wildman–Crippen LogP) is 1.95. The number of nitrogens with zero attached hydrogens (tertiary/aromatic N) is 3. The lowest BCUT2D eigenvalue weighted by atomic mass is 10.1. The standard InChI is InChI=1S/C13H14N4O4/c1-8-15-12(17(20)21)11(16(8)2)14-7-9-4-3-5-10(6-9)13(18)19/h3-6,14H,7H2,1-2H3,(H,18,19). The maximum absolute atomic E-state index is 11.0. The second-order valence-corrected chi connectivity index (χ2v) is 4.51. The summed E-state index contributed by atoms with van der Waals surface area (Å²) in [5, 5.41) is 22.8. The van der Waals surface area contributed by atoms with Crippen molar-refractivity contribution >= 4 is 17.6 Å². The second-order valence-electron chi connectivity index (χ2n) is 4.51. The highest BCUT2D eigenvalue weighted by Crippen LogP contribution is 2.24. The Balaban J connectivity index is 2.22. The summed E-state index contributed by atoms with van der Waals surface area (Å²) in [5.74, 6) is -0.453. The first-order chi connectivity index (χ1) is 9.90. The zero-order valence-electron chi connectivity index (χ0n) is 11.5. The van der Waals surface area contributed by atoms with E-state index in [4.69, 9.17) is 5.11 Å². The molecule has 0 saturated carbocycles. The third-order valence-corrected chi connectivity index (χ3v) is 3.11. The Bertz CT molecular complexity index is 708. The predicted molar refractivity (Wildman–Crippen MR) is 75.3 cm³/mol. The fourth-order valence-electron chi connectivity index (χ4n) is 1.92. The number of aromatic carboxylic acids is 1. The van der Waals surface area contributed by atoms with E-state index in [9.17, 15) is 14.9 Å². The molecule has 1 heterocycles. The number of anilines is 1. The van der Waals surface area contributed by atoms with E-state index >= 15 is 0 Å². The molecule has 0 bridgehead atoms. The average molecular weight is 290 g/mol. The molecule has 0 aliphatic rings. The number of carboxylic acid groups (broad SMARTS) is 1. The number of benzene rings is 1. The number of hydrogen-bond donors (Lipinski definition) is 2. The van der Waals surface area contributed by atoms with E-state index in [1.807, 2.05) is 0 Å². The minimum atomic E-state index is -1.01. The summed E-state index contributed by atoms with van der Waals surface area (Å²) in [6, 6.07) is 6.38. The number of hydrogen-bond acceptors (Lipinski definition) is 5. The SMILES string of the molecule is Cc1nc([N+](=O)[O-])c(NCc2cccc(C(=O)O)c2)n1C. The van der Waals surface area contributed by atoms with Gasteiger partial charge in [0.25, 0.3) is 0 Å². The molecule has 0 aliphatic heterocycles. The summed E-state index contributed by atoms with van der Waals surface area (Å²) in [4.78, 5) is 25.2. The van der Waals surface area contributed by atoms with Crippen molar-refractivity contribution in [2.75, 3.05) is 5.32 Å². The molecule has 0 spiro atoms. The third-order valence-electron chi connectivity index (χ3n) is 3.11.